The molecule has 0 spiro atoms. The molecule has 104 valence electrons. The van der Waals surface area contributed by atoms with Gasteiger partial charge in [-0.3, -0.25) is 0 Å². The van der Waals surface area contributed by atoms with E-state index in [1.165, 1.54) is 38.3 Å². The van der Waals surface area contributed by atoms with Crippen LogP contribution in [0.2, 0.25) is 0 Å². The highest BCUT2D eigenvalue weighted by Gasteiger charge is 2.18. The molecule has 3 nitrogen and oxygen atoms in total. The maximum absolute atomic E-state index is 13.9. The van der Waals surface area contributed by atoms with Crippen LogP contribution >= 0.6 is 0 Å². The molecule has 2 aromatic rings. The maximum Gasteiger partial charge on any atom is 0.336 e. The number of aromatic carboxylic acids is 1. The fourth-order valence-corrected chi connectivity index (χ4v) is 1.92. The largest absolute Gasteiger partial charge is 0.497 e. The molecule has 0 radical (unpaired) electrons. The Balaban J connectivity index is 2.74. The molecule has 0 aromatic heterocycles. The van der Waals surface area contributed by atoms with Crippen molar-refractivity contribution in [2.75, 3.05) is 7.11 Å². The number of benzene rings is 2. The minimum absolute atomic E-state index is 0.0600. The second-order valence-electron chi connectivity index (χ2n) is 4.30. The van der Waals surface area contributed by atoms with Gasteiger partial charge in [-0.05, 0) is 48.4 Å². The van der Waals surface area contributed by atoms with E-state index in [-0.39, 0.29) is 22.3 Å². The zero-order valence-corrected chi connectivity index (χ0v) is 10.9. The van der Waals surface area contributed by atoms with Crippen molar-refractivity contribution < 1.29 is 23.4 Å². The van der Waals surface area contributed by atoms with Gasteiger partial charge in [-0.2, -0.15) is 0 Å². The lowest BCUT2D eigenvalue weighted by Crippen LogP contribution is -2.03. The summed E-state index contributed by atoms with van der Waals surface area (Å²) in [6.45, 7) is 1.49. The first kappa shape index (κ1) is 14.0. The van der Waals surface area contributed by atoms with E-state index in [0.29, 0.717) is 5.75 Å². The third-order valence-corrected chi connectivity index (χ3v) is 2.99. The molecule has 0 saturated carbocycles. The molecule has 0 amide bonds. The van der Waals surface area contributed by atoms with E-state index in [1.54, 1.807) is 0 Å². The van der Waals surface area contributed by atoms with Gasteiger partial charge in [0.2, 0.25) is 0 Å². The minimum Gasteiger partial charge on any atom is -0.497 e. The second kappa shape index (κ2) is 5.28. The van der Waals surface area contributed by atoms with Gasteiger partial charge >= 0.3 is 5.97 Å². The third-order valence-electron chi connectivity index (χ3n) is 2.99. The van der Waals surface area contributed by atoms with Crippen molar-refractivity contribution in [2.45, 2.75) is 6.92 Å². The summed E-state index contributed by atoms with van der Waals surface area (Å²) in [5.41, 5.74) is 0.130. The van der Waals surface area contributed by atoms with Crippen molar-refractivity contribution >= 4 is 5.97 Å². The number of carboxylic acids is 1. The van der Waals surface area contributed by atoms with Crippen molar-refractivity contribution in [3.8, 4) is 16.9 Å². The number of ether oxygens (including phenoxy) is 1. The van der Waals surface area contributed by atoms with Gasteiger partial charge in [0, 0.05) is 5.56 Å². The predicted molar refractivity (Wildman–Crippen MR) is 70.0 cm³/mol. The summed E-state index contributed by atoms with van der Waals surface area (Å²) in [5, 5.41) is 9.14. The number of hydrogen-bond donors (Lipinski definition) is 1. The topological polar surface area (TPSA) is 46.5 Å². The van der Waals surface area contributed by atoms with Gasteiger partial charge in [-0.1, -0.05) is 0 Å². The minimum atomic E-state index is -1.32. The predicted octanol–water partition coefficient (Wildman–Crippen LogP) is 3.65. The zero-order chi connectivity index (χ0) is 14.9. The molecule has 0 unspecified atom stereocenters. The fourth-order valence-electron chi connectivity index (χ4n) is 1.92. The molecule has 0 fully saturated rings. The van der Waals surface area contributed by atoms with Crippen LogP contribution in [0.5, 0.6) is 5.75 Å². The van der Waals surface area contributed by atoms with E-state index in [0.717, 1.165) is 6.07 Å². The summed E-state index contributed by atoms with van der Waals surface area (Å²) in [6, 6.07) is 6.20. The monoisotopic (exact) mass is 278 g/mol. The summed E-state index contributed by atoms with van der Waals surface area (Å²) >= 11 is 0. The number of methoxy groups -OCH3 is 1. The highest BCUT2D eigenvalue weighted by atomic mass is 19.1. The molecule has 0 aliphatic carbocycles. The van der Waals surface area contributed by atoms with E-state index in [4.69, 9.17) is 9.84 Å². The Morgan fingerprint density at radius 3 is 2.40 bits per heavy atom. The van der Waals surface area contributed by atoms with Gasteiger partial charge in [0.1, 0.15) is 17.4 Å². The SMILES string of the molecule is COc1ccc(F)c(-c2cc(C)c(F)cc2C(=O)O)c1. The van der Waals surface area contributed by atoms with Crippen LogP contribution in [0.25, 0.3) is 11.1 Å². The average molecular weight is 278 g/mol. The van der Waals surface area contributed by atoms with Crippen LogP contribution in [-0.2, 0) is 0 Å². The third kappa shape index (κ3) is 2.47. The Hall–Kier alpha value is -2.43. The molecule has 0 heterocycles. The van der Waals surface area contributed by atoms with E-state index < -0.39 is 17.6 Å². The quantitative estimate of drug-likeness (QED) is 0.932. The number of carbonyl (C=O) groups is 1. The molecule has 20 heavy (non-hydrogen) atoms. The van der Waals surface area contributed by atoms with Crippen LogP contribution in [0.4, 0.5) is 8.78 Å². The van der Waals surface area contributed by atoms with Crippen LogP contribution in [-0.4, -0.2) is 18.2 Å². The number of aryl methyl sites for hydroxylation is 1. The Kier molecular flexibility index (Phi) is 3.70. The van der Waals surface area contributed by atoms with Gasteiger partial charge in [-0.15, -0.1) is 0 Å². The molecule has 0 aliphatic rings. The van der Waals surface area contributed by atoms with Gasteiger partial charge in [0.15, 0.2) is 0 Å². The van der Waals surface area contributed by atoms with E-state index in [1.807, 2.05) is 0 Å². The summed E-state index contributed by atoms with van der Waals surface area (Å²) < 4.78 is 32.4. The summed E-state index contributed by atoms with van der Waals surface area (Å²) in [4.78, 5) is 11.2. The molecular formula is C15H12F2O3. The maximum atomic E-state index is 13.9. The molecule has 0 aliphatic heterocycles. The molecular weight excluding hydrogens is 266 g/mol. The molecule has 2 aromatic carbocycles. The summed E-state index contributed by atoms with van der Waals surface area (Å²) in [6.07, 6.45) is 0. The number of halogens is 2. The highest BCUT2D eigenvalue weighted by molar-refractivity contribution is 5.96. The van der Waals surface area contributed by atoms with Crippen molar-refractivity contribution in [1.29, 1.82) is 0 Å². The lowest BCUT2D eigenvalue weighted by molar-refractivity contribution is 0.0697. The lowest BCUT2D eigenvalue weighted by atomic mass is 9.96. The van der Waals surface area contributed by atoms with Crippen molar-refractivity contribution in [3.05, 3.63) is 53.1 Å². The zero-order valence-electron chi connectivity index (χ0n) is 10.9. The smallest absolute Gasteiger partial charge is 0.336 e. The van der Waals surface area contributed by atoms with Crippen LogP contribution in [0.15, 0.2) is 30.3 Å². The van der Waals surface area contributed by atoms with Crippen molar-refractivity contribution in [2.24, 2.45) is 0 Å². The summed E-state index contributed by atoms with van der Waals surface area (Å²) in [7, 11) is 1.42. The Morgan fingerprint density at radius 2 is 1.80 bits per heavy atom. The number of carboxylic acid groups (broad SMARTS) is 1. The van der Waals surface area contributed by atoms with Crippen LogP contribution in [0, 0.1) is 18.6 Å². The number of hydrogen-bond acceptors (Lipinski definition) is 2. The van der Waals surface area contributed by atoms with E-state index in [9.17, 15) is 13.6 Å². The van der Waals surface area contributed by atoms with Gasteiger partial charge in [0.05, 0.1) is 12.7 Å². The van der Waals surface area contributed by atoms with Crippen molar-refractivity contribution in [1.82, 2.24) is 0 Å². The van der Waals surface area contributed by atoms with Gasteiger partial charge < -0.3 is 9.84 Å². The summed E-state index contributed by atoms with van der Waals surface area (Å²) in [5.74, 6) is -2.17. The average Bonchev–Trinajstić information content (AvgIpc) is 2.42. The second-order valence-corrected chi connectivity index (χ2v) is 4.30. The molecule has 1 N–H and O–H groups in total. The molecule has 0 saturated heterocycles. The van der Waals surface area contributed by atoms with Crippen LogP contribution < -0.4 is 4.74 Å². The van der Waals surface area contributed by atoms with Crippen molar-refractivity contribution in [3.63, 3.8) is 0 Å². The fraction of sp³-hybridized carbons (Fsp3) is 0.133. The van der Waals surface area contributed by atoms with Crippen LogP contribution in [0.3, 0.4) is 0 Å². The van der Waals surface area contributed by atoms with E-state index in [2.05, 4.69) is 0 Å². The Morgan fingerprint density at radius 1 is 1.10 bits per heavy atom. The van der Waals surface area contributed by atoms with E-state index >= 15 is 0 Å². The molecule has 5 heteroatoms. The van der Waals surface area contributed by atoms with Gasteiger partial charge in [-0.25, -0.2) is 13.6 Å². The standard InChI is InChI=1S/C15H12F2O3/c1-8-5-10(12(15(18)19)7-14(8)17)11-6-9(20-2)3-4-13(11)16/h3-7H,1-2H3,(H,18,19). The Labute approximate surface area is 114 Å². The number of rotatable bonds is 3. The normalized spacial score (nSPS) is 10.4. The van der Waals surface area contributed by atoms with Gasteiger partial charge in [0.25, 0.3) is 0 Å². The molecule has 0 bridgehead atoms. The molecule has 0 atom stereocenters. The van der Waals surface area contributed by atoms with Crippen LogP contribution in [0.1, 0.15) is 15.9 Å². The lowest BCUT2D eigenvalue weighted by Gasteiger charge is -2.11. The first-order chi connectivity index (χ1) is 9.43. The highest BCUT2D eigenvalue weighted by Crippen LogP contribution is 2.31. The first-order valence-corrected chi connectivity index (χ1v) is 5.81. The Bertz CT molecular complexity index is 681. The molecule has 2 rings (SSSR count). The first-order valence-electron chi connectivity index (χ1n) is 5.81.